The van der Waals surface area contributed by atoms with Gasteiger partial charge >= 0.3 is 0 Å². The van der Waals surface area contributed by atoms with Crippen molar-refractivity contribution in [1.29, 1.82) is 0 Å². The van der Waals surface area contributed by atoms with Gasteiger partial charge in [0.2, 0.25) is 5.91 Å². The summed E-state index contributed by atoms with van der Waals surface area (Å²) < 4.78 is 42.1. The van der Waals surface area contributed by atoms with Crippen LogP contribution in [0.4, 0.5) is 4.39 Å². The van der Waals surface area contributed by atoms with Crippen molar-refractivity contribution in [3.05, 3.63) is 53.8 Å². The minimum absolute atomic E-state index is 0.0518. The Labute approximate surface area is 193 Å². The maximum atomic E-state index is 15.0. The van der Waals surface area contributed by atoms with E-state index in [-0.39, 0.29) is 40.6 Å². The van der Waals surface area contributed by atoms with Gasteiger partial charge in [-0.1, -0.05) is 43.7 Å². The first-order valence-corrected chi connectivity index (χ1v) is 12.2. The van der Waals surface area contributed by atoms with Crippen molar-refractivity contribution in [2.45, 2.75) is 50.7 Å². The van der Waals surface area contributed by atoms with Crippen LogP contribution in [0.15, 0.2) is 47.4 Å². The second kappa shape index (κ2) is 11.9. The highest BCUT2D eigenvalue weighted by atomic mass is 32.2. The standard InChI is InChI=1S/C23H30FN3O5S/c1-3-4-9-22(29)27(13-12-25)15-18-11-10-17(14-20(18)24)19-7-5-6-8-21(19)33(31,32)26-23(30)16(2)28/h5-8,10-11,14,16,28H,3-4,9,12-13,15,25H2,1-2H3,(H,26,30)/t16-/m0/s1. The van der Waals surface area contributed by atoms with Gasteiger partial charge < -0.3 is 15.7 Å². The molecule has 0 aliphatic carbocycles. The number of rotatable bonds is 11. The van der Waals surface area contributed by atoms with Gasteiger partial charge in [0.15, 0.2) is 0 Å². The number of hydrogen-bond acceptors (Lipinski definition) is 6. The number of hydrogen-bond donors (Lipinski definition) is 3. The molecular formula is C23H30FN3O5S. The van der Waals surface area contributed by atoms with Crippen LogP contribution in [-0.4, -0.2) is 49.4 Å². The first kappa shape index (κ1) is 26.4. The number of aliphatic hydroxyl groups excluding tert-OH is 1. The number of aliphatic hydroxyl groups is 1. The van der Waals surface area contributed by atoms with Crippen molar-refractivity contribution in [2.75, 3.05) is 13.1 Å². The predicted octanol–water partition coefficient (Wildman–Crippen LogP) is 2.16. The van der Waals surface area contributed by atoms with E-state index < -0.39 is 27.9 Å². The fourth-order valence-electron chi connectivity index (χ4n) is 3.19. The first-order chi connectivity index (χ1) is 15.6. The van der Waals surface area contributed by atoms with Gasteiger partial charge in [-0.2, -0.15) is 0 Å². The van der Waals surface area contributed by atoms with Crippen LogP contribution in [0.2, 0.25) is 0 Å². The quantitative estimate of drug-likeness (QED) is 0.453. The van der Waals surface area contributed by atoms with Crippen molar-refractivity contribution >= 4 is 21.8 Å². The number of amides is 2. The summed E-state index contributed by atoms with van der Waals surface area (Å²) in [4.78, 5) is 25.4. The largest absolute Gasteiger partial charge is 0.384 e. The normalized spacial score (nSPS) is 12.3. The van der Waals surface area contributed by atoms with E-state index in [1.54, 1.807) is 12.1 Å². The molecule has 0 bridgehead atoms. The van der Waals surface area contributed by atoms with E-state index in [1.165, 1.54) is 35.2 Å². The van der Waals surface area contributed by atoms with E-state index in [0.29, 0.717) is 13.0 Å². The fourth-order valence-corrected chi connectivity index (χ4v) is 4.47. The Hall–Kier alpha value is -2.82. The molecule has 2 aromatic rings. The molecule has 8 nitrogen and oxygen atoms in total. The summed E-state index contributed by atoms with van der Waals surface area (Å²) in [5, 5.41) is 9.32. The lowest BCUT2D eigenvalue weighted by Crippen LogP contribution is -2.37. The number of halogens is 1. The molecule has 0 unspecified atom stereocenters. The number of benzene rings is 2. The number of nitrogens with two attached hydrogens (primary N) is 1. The van der Waals surface area contributed by atoms with Gasteiger partial charge in [-0.3, -0.25) is 9.59 Å². The lowest BCUT2D eigenvalue weighted by Gasteiger charge is -2.23. The Bertz CT molecular complexity index is 1090. The first-order valence-electron chi connectivity index (χ1n) is 10.7. The van der Waals surface area contributed by atoms with Crippen molar-refractivity contribution in [3.8, 4) is 11.1 Å². The van der Waals surface area contributed by atoms with Gasteiger partial charge in [0, 0.05) is 37.2 Å². The Morgan fingerprint density at radius 2 is 1.91 bits per heavy atom. The third-order valence-electron chi connectivity index (χ3n) is 5.01. The average molecular weight is 480 g/mol. The Morgan fingerprint density at radius 1 is 1.21 bits per heavy atom. The van der Waals surface area contributed by atoms with E-state index >= 15 is 0 Å². The summed E-state index contributed by atoms with van der Waals surface area (Å²) in [7, 11) is -4.30. The maximum Gasteiger partial charge on any atom is 0.264 e. The van der Waals surface area contributed by atoms with Gasteiger partial charge in [0.25, 0.3) is 15.9 Å². The zero-order valence-electron chi connectivity index (χ0n) is 18.8. The van der Waals surface area contributed by atoms with Crippen LogP contribution in [-0.2, 0) is 26.2 Å². The van der Waals surface area contributed by atoms with Crippen LogP contribution in [0.3, 0.4) is 0 Å². The van der Waals surface area contributed by atoms with Crippen LogP contribution in [0.5, 0.6) is 0 Å². The molecule has 4 N–H and O–H groups in total. The molecule has 0 aliphatic heterocycles. The second-order valence-corrected chi connectivity index (χ2v) is 9.31. The summed E-state index contributed by atoms with van der Waals surface area (Å²) in [6, 6.07) is 10.1. The topological polar surface area (TPSA) is 130 Å². The zero-order chi connectivity index (χ0) is 24.6. The summed E-state index contributed by atoms with van der Waals surface area (Å²) >= 11 is 0. The molecule has 2 aromatic carbocycles. The summed E-state index contributed by atoms with van der Waals surface area (Å²) in [5.74, 6) is -1.77. The number of sulfonamides is 1. The Kier molecular flexibility index (Phi) is 9.51. The van der Waals surface area contributed by atoms with Crippen LogP contribution in [0, 0.1) is 5.82 Å². The van der Waals surface area contributed by atoms with Gasteiger partial charge in [-0.15, -0.1) is 0 Å². The van der Waals surface area contributed by atoms with E-state index in [1.807, 2.05) is 11.6 Å². The van der Waals surface area contributed by atoms with Crippen molar-refractivity contribution in [2.24, 2.45) is 5.73 Å². The van der Waals surface area contributed by atoms with E-state index in [9.17, 15) is 27.5 Å². The Morgan fingerprint density at radius 3 is 2.52 bits per heavy atom. The number of carbonyl (C=O) groups is 2. The molecule has 10 heteroatoms. The number of unbranched alkanes of at least 4 members (excludes halogenated alkanes) is 1. The molecule has 0 saturated carbocycles. The molecule has 2 amide bonds. The molecule has 33 heavy (non-hydrogen) atoms. The summed E-state index contributed by atoms with van der Waals surface area (Å²) in [5.41, 5.74) is 6.35. The second-order valence-electron chi connectivity index (χ2n) is 7.66. The minimum Gasteiger partial charge on any atom is -0.384 e. The molecule has 0 fully saturated rings. The monoisotopic (exact) mass is 479 g/mol. The molecule has 180 valence electrons. The van der Waals surface area contributed by atoms with Crippen LogP contribution < -0.4 is 10.5 Å². The van der Waals surface area contributed by atoms with Crippen LogP contribution in [0.1, 0.15) is 38.7 Å². The SMILES string of the molecule is CCCCC(=O)N(CCN)Cc1ccc(-c2ccccc2S(=O)(=O)NC(=O)[C@H](C)O)cc1F. The van der Waals surface area contributed by atoms with Crippen molar-refractivity contribution in [3.63, 3.8) is 0 Å². The predicted molar refractivity (Wildman–Crippen MR) is 123 cm³/mol. The van der Waals surface area contributed by atoms with Gasteiger partial charge in [-0.25, -0.2) is 17.5 Å². The molecule has 0 spiro atoms. The zero-order valence-corrected chi connectivity index (χ0v) is 19.6. The van der Waals surface area contributed by atoms with E-state index in [4.69, 9.17) is 5.73 Å². The lowest BCUT2D eigenvalue weighted by atomic mass is 10.0. The highest BCUT2D eigenvalue weighted by molar-refractivity contribution is 7.90. The van der Waals surface area contributed by atoms with Crippen molar-refractivity contribution < 1.29 is 27.5 Å². The maximum absolute atomic E-state index is 15.0. The molecule has 0 heterocycles. The van der Waals surface area contributed by atoms with Gasteiger partial charge in [-0.05, 0) is 31.0 Å². The molecule has 0 radical (unpaired) electrons. The molecule has 1 atom stereocenters. The Balaban J connectivity index is 2.35. The van der Waals surface area contributed by atoms with Crippen molar-refractivity contribution in [1.82, 2.24) is 9.62 Å². The fraction of sp³-hybridized carbons (Fsp3) is 0.391. The van der Waals surface area contributed by atoms with E-state index in [0.717, 1.165) is 19.8 Å². The number of nitrogens with one attached hydrogen (secondary N) is 1. The van der Waals surface area contributed by atoms with E-state index in [2.05, 4.69) is 0 Å². The van der Waals surface area contributed by atoms with Crippen LogP contribution >= 0.6 is 0 Å². The molecule has 0 aliphatic rings. The molecular weight excluding hydrogens is 449 g/mol. The number of carbonyl (C=O) groups excluding carboxylic acids is 2. The van der Waals surface area contributed by atoms with Gasteiger partial charge in [0.1, 0.15) is 11.9 Å². The minimum atomic E-state index is -4.30. The summed E-state index contributed by atoms with van der Waals surface area (Å²) in [6.45, 7) is 3.73. The average Bonchev–Trinajstić information content (AvgIpc) is 2.77. The highest BCUT2D eigenvalue weighted by Gasteiger charge is 2.24. The van der Waals surface area contributed by atoms with Gasteiger partial charge in [0.05, 0.1) is 4.90 Å². The molecule has 2 rings (SSSR count). The third-order valence-corrected chi connectivity index (χ3v) is 6.42. The lowest BCUT2D eigenvalue weighted by molar-refractivity contribution is -0.132. The number of nitrogens with zero attached hydrogens (tertiary/aromatic N) is 1. The highest BCUT2D eigenvalue weighted by Crippen LogP contribution is 2.29. The summed E-state index contributed by atoms with van der Waals surface area (Å²) in [6.07, 6.45) is 0.448. The smallest absolute Gasteiger partial charge is 0.264 e. The third kappa shape index (κ3) is 7.08. The molecule has 0 aromatic heterocycles. The van der Waals surface area contributed by atoms with Crippen LogP contribution in [0.25, 0.3) is 11.1 Å². The molecule has 0 saturated heterocycles.